The molecular weight excluding hydrogens is 392 g/mol. The van der Waals surface area contributed by atoms with Gasteiger partial charge in [-0.15, -0.1) is 0 Å². The van der Waals surface area contributed by atoms with Crippen LogP contribution < -0.4 is 5.32 Å². The third-order valence-corrected chi connectivity index (χ3v) is 5.83. The molecule has 27 heavy (non-hydrogen) atoms. The lowest BCUT2D eigenvalue weighted by Crippen LogP contribution is -2.46. The van der Waals surface area contributed by atoms with Gasteiger partial charge >= 0.3 is 12.1 Å². The minimum Gasteiger partial charge on any atom is -0.481 e. The first-order valence-electron chi connectivity index (χ1n) is 9.00. The zero-order chi connectivity index (χ0) is 20.3. The number of aliphatic carboxylic acids is 1. The number of nitrogens with one attached hydrogen (secondary N) is 1. The van der Waals surface area contributed by atoms with Gasteiger partial charge in [0.25, 0.3) is 0 Å². The summed E-state index contributed by atoms with van der Waals surface area (Å²) in [7, 11) is 2.97. The average molecular weight is 423 g/mol. The fourth-order valence-corrected chi connectivity index (χ4v) is 4.16. The Morgan fingerprint density at radius 3 is 2.56 bits per heavy atom. The zero-order valence-corrected chi connectivity index (χ0v) is 17.8. The van der Waals surface area contributed by atoms with Crippen molar-refractivity contribution in [1.82, 2.24) is 10.2 Å². The van der Waals surface area contributed by atoms with Gasteiger partial charge in [-0.25, -0.2) is 4.79 Å². The lowest BCUT2D eigenvalue weighted by Gasteiger charge is -2.28. The highest BCUT2D eigenvalue weighted by Gasteiger charge is 2.28. The van der Waals surface area contributed by atoms with Crippen molar-refractivity contribution in [2.75, 3.05) is 37.7 Å². The van der Waals surface area contributed by atoms with Crippen molar-refractivity contribution in [3.05, 3.63) is 0 Å². The Morgan fingerprint density at radius 1 is 1.26 bits per heavy atom. The molecule has 0 aliphatic carbocycles. The summed E-state index contributed by atoms with van der Waals surface area (Å²) in [6, 6.07) is 0. The highest BCUT2D eigenvalue weighted by molar-refractivity contribution is 8.76. The van der Waals surface area contributed by atoms with Gasteiger partial charge in [-0.3, -0.25) is 14.5 Å². The number of carboxylic acids is 1. The monoisotopic (exact) mass is 422 g/mol. The first kappa shape index (κ1) is 23.9. The second kappa shape index (κ2) is 12.4. The van der Waals surface area contributed by atoms with Crippen molar-refractivity contribution in [2.24, 2.45) is 0 Å². The predicted octanol–water partition coefficient (Wildman–Crippen LogP) is 2.37. The highest BCUT2D eigenvalue weighted by Crippen LogP contribution is 2.21. The van der Waals surface area contributed by atoms with Gasteiger partial charge < -0.3 is 19.9 Å². The van der Waals surface area contributed by atoms with Crippen LogP contribution in [0.4, 0.5) is 4.79 Å². The Hall–Kier alpha value is -1.13. The molecule has 0 aromatic carbocycles. The maximum absolute atomic E-state index is 12.4. The van der Waals surface area contributed by atoms with Crippen molar-refractivity contribution < 1.29 is 29.0 Å². The molecule has 156 valence electrons. The van der Waals surface area contributed by atoms with Crippen LogP contribution in [0.25, 0.3) is 0 Å². The number of carbonyl (C=O) groups excluding carboxylic acids is 2. The molecule has 1 rings (SSSR count). The van der Waals surface area contributed by atoms with Crippen LogP contribution in [-0.2, 0) is 19.1 Å². The van der Waals surface area contributed by atoms with E-state index in [0.29, 0.717) is 31.2 Å². The third kappa shape index (κ3) is 12.0. The molecular formula is C17H30N2O6S2. The fraction of sp³-hybridized carbons (Fsp3) is 0.824. The van der Waals surface area contributed by atoms with Crippen LogP contribution in [-0.4, -0.2) is 77.4 Å². The third-order valence-electron chi connectivity index (χ3n) is 3.42. The normalized spacial score (nSPS) is 16.8. The largest absolute Gasteiger partial charge is 0.481 e. The van der Waals surface area contributed by atoms with E-state index in [1.807, 2.05) is 0 Å². The molecule has 0 spiro atoms. The molecule has 0 aromatic heterocycles. The van der Waals surface area contributed by atoms with Gasteiger partial charge in [-0.05, 0) is 33.6 Å². The lowest BCUT2D eigenvalue weighted by molar-refractivity contribution is -0.136. The quantitative estimate of drug-likeness (QED) is 0.386. The summed E-state index contributed by atoms with van der Waals surface area (Å²) in [5, 5.41) is 11.3. The molecule has 1 fully saturated rings. The molecule has 0 aromatic rings. The Labute approximate surface area is 168 Å². The van der Waals surface area contributed by atoms with E-state index in [2.05, 4.69) is 5.32 Å². The van der Waals surface area contributed by atoms with Crippen molar-refractivity contribution in [3.8, 4) is 0 Å². The van der Waals surface area contributed by atoms with Gasteiger partial charge in [-0.1, -0.05) is 21.6 Å². The Morgan fingerprint density at radius 2 is 1.96 bits per heavy atom. The van der Waals surface area contributed by atoms with E-state index < -0.39 is 17.7 Å². The van der Waals surface area contributed by atoms with Crippen molar-refractivity contribution in [3.63, 3.8) is 0 Å². The second-order valence-electron chi connectivity index (χ2n) is 7.13. The Bertz CT molecular complexity index is 492. The SMILES string of the molecule is CC(C)(C)OC(=O)N(CC(=O)NCCSSCCC(=O)O)CC1CCCO1. The standard InChI is InChI=1S/C17H30N2O6S2/c1-17(2,3)25-16(23)19(11-13-5-4-8-24-13)12-14(20)18-7-10-27-26-9-6-15(21)22/h13H,4-12H2,1-3H3,(H,18,20)(H,21,22). The molecule has 1 unspecified atom stereocenters. The van der Waals surface area contributed by atoms with Gasteiger partial charge in [0.05, 0.1) is 19.1 Å². The van der Waals surface area contributed by atoms with E-state index in [4.69, 9.17) is 14.6 Å². The number of nitrogens with zero attached hydrogens (tertiary/aromatic N) is 1. The minimum atomic E-state index is -0.815. The summed E-state index contributed by atoms with van der Waals surface area (Å²) in [6.07, 6.45) is 1.36. The van der Waals surface area contributed by atoms with E-state index in [-0.39, 0.29) is 25.0 Å². The van der Waals surface area contributed by atoms with Gasteiger partial charge in [0.15, 0.2) is 0 Å². The van der Waals surface area contributed by atoms with Gasteiger partial charge in [0.1, 0.15) is 12.1 Å². The van der Waals surface area contributed by atoms with E-state index in [0.717, 1.165) is 12.8 Å². The molecule has 1 saturated heterocycles. The first-order valence-corrected chi connectivity index (χ1v) is 11.5. The molecule has 10 heteroatoms. The fourth-order valence-electron chi connectivity index (χ4n) is 2.27. The minimum absolute atomic E-state index is 0.0634. The van der Waals surface area contributed by atoms with E-state index in [9.17, 15) is 14.4 Å². The molecule has 0 saturated carbocycles. The van der Waals surface area contributed by atoms with E-state index >= 15 is 0 Å². The highest BCUT2D eigenvalue weighted by atomic mass is 33.1. The molecule has 8 nitrogen and oxygen atoms in total. The van der Waals surface area contributed by atoms with Crippen molar-refractivity contribution >= 4 is 39.6 Å². The number of carbonyl (C=O) groups is 3. The molecule has 0 radical (unpaired) electrons. The Balaban J connectivity index is 2.36. The maximum atomic E-state index is 12.4. The molecule has 1 aliphatic rings. The van der Waals surface area contributed by atoms with Crippen molar-refractivity contribution in [2.45, 2.75) is 51.7 Å². The van der Waals surface area contributed by atoms with Crippen LogP contribution in [0, 0.1) is 0 Å². The number of rotatable bonds is 11. The molecule has 0 bridgehead atoms. The smallest absolute Gasteiger partial charge is 0.410 e. The van der Waals surface area contributed by atoms with Crippen LogP contribution in [0.1, 0.15) is 40.0 Å². The van der Waals surface area contributed by atoms with Crippen LogP contribution >= 0.6 is 21.6 Å². The van der Waals surface area contributed by atoms with Crippen LogP contribution in [0.15, 0.2) is 0 Å². The summed E-state index contributed by atoms with van der Waals surface area (Å²) < 4.78 is 11.0. The summed E-state index contributed by atoms with van der Waals surface area (Å²) in [6.45, 7) is 6.74. The van der Waals surface area contributed by atoms with Crippen LogP contribution in [0.5, 0.6) is 0 Å². The number of carboxylic acid groups (broad SMARTS) is 1. The number of amides is 2. The topological polar surface area (TPSA) is 105 Å². The second-order valence-corrected chi connectivity index (χ2v) is 9.84. The molecule has 1 atom stereocenters. The molecule has 1 heterocycles. The van der Waals surface area contributed by atoms with Gasteiger partial charge in [0, 0.05) is 24.7 Å². The van der Waals surface area contributed by atoms with Crippen LogP contribution in [0.3, 0.4) is 0 Å². The summed E-state index contributed by atoms with van der Waals surface area (Å²) in [5.74, 6) is 0.121. The van der Waals surface area contributed by atoms with Crippen LogP contribution in [0.2, 0.25) is 0 Å². The lowest BCUT2D eigenvalue weighted by atomic mass is 10.2. The molecule has 1 aliphatic heterocycles. The summed E-state index contributed by atoms with van der Waals surface area (Å²) >= 11 is 0. The number of hydrogen-bond acceptors (Lipinski definition) is 7. The molecule has 2 amide bonds. The average Bonchev–Trinajstić information content (AvgIpc) is 3.04. The number of hydrogen-bond donors (Lipinski definition) is 2. The summed E-state index contributed by atoms with van der Waals surface area (Å²) in [4.78, 5) is 36.4. The maximum Gasteiger partial charge on any atom is 0.410 e. The Kier molecular flexibility index (Phi) is 10.9. The van der Waals surface area contributed by atoms with E-state index in [1.165, 1.54) is 26.5 Å². The van der Waals surface area contributed by atoms with E-state index in [1.54, 1.807) is 20.8 Å². The summed E-state index contributed by atoms with van der Waals surface area (Å²) in [5.41, 5.74) is -0.633. The number of ether oxygens (including phenoxy) is 2. The predicted molar refractivity (Wildman–Crippen MR) is 107 cm³/mol. The zero-order valence-electron chi connectivity index (χ0n) is 16.2. The molecule has 2 N–H and O–H groups in total. The first-order chi connectivity index (χ1) is 12.7. The van der Waals surface area contributed by atoms with Gasteiger partial charge in [0.2, 0.25) is 5.91 Å². The van der Waals surface area contributed by atoms with Gasteiger partial charge in [-0.2, -0.15) is 0 Å². The van der Waals surface area contributed by atoms with Crippen molar-refractivity contribution in [1.29, 1.82) is 0 Å².